The summed E-state index contributed by atoms with van der Waals surface area (Å²) in [5.74, 6) is -1.40. The lowest BCUT2D eigenvalue weighted by Gasteiger charge is -2.13. The maximum Gasteiger partial charge on any atom is 0.172 e. The molecule has 74 valence electrons. The van der Waals surface area contributed by atoms with E-state index in [0.29, 0.717) is 0 Å². The fourth-order valence-corrected chi connectivity index (χ4v) is 1.87. The van der Waals surface area contributed by atoms with Crippen LogP contribution in [-0.2, 0) is 6.42 Å². The van der Waals surface area contributed by atoms with E-state index in [-0.39, 0.29) is 23.3 Å². The quantitative estimate of drug-likeness (QED) is 0.623. The SMILES string of the molecule is CC1(C)Cc2c(F)ccc(F)c2C1=O. The third kappa shape index (κ3) is 1.08. The molecule has 1 aromatic rings. The number of carbonyl (C=O) groups is 1. The number of ketones is 1. The van der Waals surface area contributed by atoms with Crippen LogP contribution in [-0.4, -0.2) is 5.78 Å². The minimum atomic E-state index is -0.675. The fraction of sp³-hybridized carbons (Fsp3) is 0.364. The van der Waals surface area contributed by atoms with Crippen LogP contribution in [0.5, 0.6) is 0 Å². The van der Waals surface area contributed by atoms with Crippen molar-refractivity contribution in [1.29, 1.82) is 0 Å². The van der Waals surface area contributed by atoms with Gasteiger partial charge in [-0.25, -0.2) is 8.78 Å². The molecule has 0 unspecified atom stereocenters. The Hall–Kier alpha value is -1.25. The molecule has 0 aromatic heterocycles. The lowest BCUT2D eigenvalue weighted by Crippen LogP contribution is -2.19. The van der Waals surface area contributed by atoms with Crippen molar-refractivity contribution in [3.8, 4) is 0 Å². The van der Waals surface area contributed by atoms with E-state index < -0.39 is 17.0 Å². The molecule has 0 bridgehead atoms. The molecule has 0 heterocycles. The van der Waals surface area contributed by atoms with E-state index in [9.17, 15) is 13.6 Å². The average Bonchev–Trinajstić information content (AvgIpc) is 2.33. The first-order valence-electron chi connectivity index (χ1n) is 4.45. The standard InChI is InChI=1S/C11H10F2O/c1-11(2)5-6-7(12)3-4-8(13)9(6)10(11)14/h3-4H,5H2,1-2H3. The summed E-state index contributed by atoms with van der Waals surface area (Å²) in [7, 11) is 0. The highest BCUT2D eigenvalue weighted by Crippen LogP contribution is 2.38. The van der Waals surface area contributed by atoms with Crippen LogP contribution < -0.4 is 0 Å². The fourth-order valence-electron chi connectivity index (χ4n) is 1.87. The van der Waals surface area contributed by atoms with Crippen molar-refractivity contribution in [3.63, 3.8) is 0 Å². The topological polar surface area (TPSA) is 17.1 Å². The van der Waals surface area contributed by atoms with Crippen LogP contribution in [0.15, 0.2) is 12.1 Å². The van der Waals surface area contributed by atoms with Crippen molar-refractivity contribution in [2.24, 2.45) is 5.41 Å². The summed E-state index contributed by atoms with van der Waals surface area (Å²) in [5.41, 5.74) is -0.513. The molecular formula is C11H10F2O. The number of Topliss-reactive ketones (excluding diaryl/α,β-unsaturated/α-hetero) is 1. The number of hydrogen-bond donors (Lipinski definition) is 0. The average molecular weight is 196 g/mol. The second-order valence-corrected chi connectivity index (χ2v) is 4.27. The summed E-state index contributed by atoms with van der Waals surface area (Å²) < 4.78 is 26.5. The Morgan fingerprint density at radius 1 is 1.21 bits per heavy atom. The van der Waals surface area contributed by atoms with Crippen LogP contribution in [0.2, 0.25) is 0 Å². The molecule has 0 aliphatic heterocycles. The molecule has 0 spiro atoms. The lowest BCUT2D eigenvalue weighted by molar-refractivity contribution is 0.0860. The van der Waals surface area contributed by atoms with Crippen LogP contribution in [0.3, 0.4) is 0 Å². The van der Waals surface area contributed by atoms with Crippen LogP contribution in [0.25, 0.3) is 0 Å². The molecule has 1 nitrogen and oxygen atoms in total. The number of halogens is 2. The first-order chi connectivity index (χ1) is 6.43. The third-order valence-corrected chi connectivity index (χ3v) is 2.67. The first kappa shape index (κ1) is 9.31. The highest BCUT2D eigenvalue weighted by Gasteiger charge is 2.40. The molecule has 14 heavy (non-hydrogen) atoms. The van der Waals surface area contributed by atoms with Gasteiger partial charge in [-0.2, -0.15) is 0 Å². The van der Waals surface area contributed by atoms with E-state index in [1.165, 1.54) is 0 Å². The molecule has 1 aliphatic carbocycles. The van der Waals surface area contributed by atoms with E-state index in [1.54, 1.807) is 13.8 Å². The minimum absolute atomic E-state index is 0.0602. The zero-order valence-corrected chi connectivity index (χ0v) is 8.03. The molecule has 0 saturated carbocycles. The largest absolute Gasteiger partial charge is 0.293 e. The molecule has 1 aliphatic rings. The van der Waals surface area contributed by atoms with E-state index >= 15 is 0 Å². The van der Waals surface area contributed by atoms with Gasteiger partial charge in [-0.05, 0) is 18.6 Å². The van der Waals surface area contributed by atoms with Crippen molar-refractivity contribution < 1.29 is 13.6 Å². The van der Waals surface area contributed by atoms with Crippen molar-refractivity contribution in [2.75, 3.05) is 0 Å². The Morgan fingerprint density at radius 2 is 1.79 bits per heavy atom. The monoisotopic (exact) mass is 196 g/mol. The molecule has 0 atom stereocenters. The van der Waals surface area contributed by atoms with Gasteiger partial charge in [0.2, 0.25) is 0 Å². The molecule has 0 fully saturated rings. The number of hydrogen-bond acceptors (Lipinski definition) is 1. The zero-order valence-electron chi connectivity index (χ0n) is 8.03. The Kier molecular flexibility index (Phi) is 1.74. The van der Waals surface area contributed by atoms with Gasteiger partial charge in [0.1, 0.15) is 11.6 Å². The molecule has 0 amide bonds. The maximum absolute atomic E-state index is 13.3. The smallest absolute Gasteiger partial charge is 0.172 e. The third-order valence-electron chi connectivity index (χ3n) is 2.67. The molecule has 1 aromatic carbocycles. The second kappa shape index (κ2) is 2.62. The van der Waals surface area contributed by atoms with Crippen LogP contribution in [0.4, 0.5) is 8.78 Å². The van der Waals surface area contributed by atoms with Crippen molar-refractivity contribution >= 4 is 5.78 Å². The summed E-state index contributed by atoms with van der Waals surface area (Å²) in [5, 5.41) is 0. The number of rotatable bonds is 0. The highest BCUT2D eigenvalue weighted by molar-refractivity contribution is 6.04. The summed E-state index contributed by atoms with van der Waals surface area (Å²) in [6.07, 6.45) is 0.283. The Morgan fingerprint density at radius 3 is 2.36 bits per heavy atom. The normalized spacial score (nSPS) is 18.4. The van der Waals surface area contributed by atoms with Gasteiger partial charge in [-0.3, -0.25) is 4.79 Å². The van der Waals surface area contributed by atoms with Gasteiger partial charge in [0.15, 0.2) is 5.78 Å². The zero-order chi connectivity index (χ0) is 10.5. The van der Waals surface area contributed by atoms with Crippen molar-refractivity contribution in [1.82, 2.24) is 0 Å². The van der Waals surface area contributed by atoms with Gasteiger partial charge in [0.25, 0.3) is 0 Å². The second-order valence-electron chi connectivity index (χ2n) is 4.27. The molecule has 0 saturated heterocycles. The van der Waals surface area contributed by atoms with Gasteiger partial charge < -0.3 is 0 Å². The number of carbonyl (C=O) groups excluding carboxylic acids is 1. The van der Waals surface area contributed by atoms with Crippen molar-refractivity contribution in [2.45, 2.75) is 20.3 Å². The summed E-state index contributed by atoms with van der Waals surface area (Å²) in [6.45, 7) is 3.41. The van der Waals surface area contributed by atoms with E-state index in [2.05, 4.69) is 0 Å². The molecule has 0 radical (unpaired) electrons. The predicted molar refractivity (Wildman–Crippen MR) is 48.2 cm³/mol. The Bertz CT molecular complexity index is 422. The maximum atomic E-state index is 13.3. The van der Waals surface area contributed by atoms with Gasteiger partial charge in [-0.1, -0.05) is 13.8 Å². The lowest BCUT2D eigenvalue weighted by atomic mass is 9.89. The summed E-state index contributed by atoms with van der Waals surface area (Å²) >= 11 is 0. The molecule has 2 rings (SSSR count). The first-order valence-corrected chi connectivity index (χ1v) is 4.45. The van der Waals surface area contributed by atoms with Gasteiger partial charge in [-0.15, -0.1) is 0 Å². The number of fused-ring (bicyclic) bond motifs is 1. The van der Waals surface area contributed by atoms with Crippen LogP contribution in [0.1, 0.15) is 29.8 Å². The Balaban J connectivity index is 2.70. The Labute approximate surface area is 80.7 Å². The summed E-state index contributed by atoms with van der Waals surface area (Å²) in [6, 6.07) is 2.08. The van der Waals surface area contributed by atoms with Gasteiger partial charge in [0, 0.05) is 11.0 Å². The van der Waals surface area contributed by atoms with E-state index in [4.69, 9.17) is 0 Å². The van der Waals surface area contributed by atoms with Gasteiger partial charge >= 0.3 is 0 Å². The summed E-state index contributed by atoms with van der Waals surface area (Å²) in [4.78, 5) is 11.7. The van der Waals surface area contributed by atoms with E-state index in [0.717, 1.165) is 12.1 Å². The predicted octanol–water partition coefficient (Wildman–Crippen LogP) is 2.73. The number of benzene rings is 1. The molecule has 3 heteroatoms. The highest BCUT2D eigenvalue weighted by atomic mass is 19.1. The van der Waals surface area contributed by atoms with Gasteiger partial charge in [0.05, 0.1) is 5.56 Å². The van der Waals surface area contributed by atoms with Crippen molar-refractivity contribution in [3.05, 3.63) is 34.9 Å². The van der Waals surface area contributed by atoms with E-state index in [1.807, 2.05) is 0 Å². The molecule has 0 N–H and O–H groups in total. The van der Waals surface area contributed by atoms with Crippen LogP contribution in [0, 0.1) is 17.0 Å². The minimum Gasteiger partial charge on any atom is -0.293 e. The molecular weight excluding hydrogens is 186 g/mol. The van der Waals surface area contributed by atoms with Crippen LogP contribution >= 0.6 is 0 Å².